The van der Waals surface area contributed by atoms with Crippen LogP contribution in [-0.2, 0) is 0 Å². The molecule has 0 unspecified atom stereocenters. The molecule has 0 spiro atoms. The van der Waals surface area contributed by atoms with E-state index in [9.17, 15) is 0 Å². The lowest BCUT2D eigenvalue weighted by molar-refractivity contribution is 0.299. The van der Waals surface area contributed by atoms with Crippen LogP contribution in [0.3, 0.4) is 0 Å². The zero-order valence-corrected chi connectivity index (χ0v) is 8.19. The van der Waals surface area contributed by atoms with Crippen molar-refractivity contribution in [1.82, 2.24) is 4.90 Å². The van der Waals surface area contributed by atoms with Gasteiger partial charge in [-0.25, -0.2) is 0 Å². The van der Waals surface area contributed by atoms with Gasteiger partial charge in [-0.05, 0) is 18.0 Å². The molecule has 80 valence electrons. The van der Waals surface area contributed by atoms with Crippen LogP contribution in [0.5, 0.6) is 0 Å². The third-order valence-corrected chi connectivity index (χ3v) is 2.21. The molecule has 0 aliphatic carbocycles. The number of hydrogen-bond donors (Lipinski definition) is 3. The molecule has 0 saturated carbocycles. The summed E-state index contributed by atoms with van der Waals surface area (Å²) in [5.74, 6) is 0.133. The maximum Gasteiger partial charge on any atom is 0.265 e. The zero-order chi connectivity index (χ0) is 10.4. The van der Waals surface area contributed by atoms with Crippen molar-refractivity contribution < 1.29 is 5.21 Å². The van der Waals surface area contributed by atoms with Gasteiger partial charge in [0, 0.05) is 13.1 Å². The monoisotopic (exact) mass is 199 g/mol. The highest BCUT2D eigenvalue weighted by Crippen LogP contribution is 2.10. The highest BCUT2D eigenvalue weighted by atomic mass is 16.4. The van der Waals surface area contributed by atoms with Crippen molar-refractivity contribution in [2.45, 2.75) is 25.7 Å². The molecule has 1 heterocycles. The first-order chi connectivity index (χ1) is 6.74. The van der Waals surface area contributed by atoms with Gasteiger partial charge in [0.1, 0.15) is 0 Å². The van der Waals surface area contributed by atoms with Gasteiger partial charge in [0.15, 0.2) is 5.96 Å². The molecule has 5 N–H and O–H groups in total. The molecular weight excluding hydrogens is 182 g/mol. The van der Waals surface area contributed by atoms with Crippen molar-refractivity contribution in [3.05, 3.63) is 0 Å². The van der Waals surface area contributed by atoms with E-state index >= 15 is 0 Å². The number of likely N-dealkylation sites (tertiary alicyclic amines) is 1. The Bertz CT molecular complexity index is 226. The lowest BCUT2D eigenvalue weighted by atomic mass is 10.2. The van der Waals surface area contributed by atoms with E-state index in [-0.39, 0.29) is 11.9 Å². The molecule has 1 fully saturated rings. The van der Waals surface area contributed by atoms with Crippen LogP contribution in [0.25, 0.3) is 0 Å². The molecule has 0 atom stereocenters. The van der Waals surface area contributed by atoms with Gasteiger partial charge < -0.3 is 21.6 Å². The summed E-state index contributed by atoms with van der Waals surface area (Å²) in [4.78, 5) is 5.65. The summed E-state index contributed by atoms with van der Waals surface area (Å²) in [7, 11) is 0. The summed E-state index contributed by atoms with van der Waals surface area (Å²) in [5.41, 5.74) is 10.4. The zero-order valence-electron chi connectivity index (χ0n) is 8.19. The normalized spacial score (nSPS) is 18.9. The van der Waals surface area contributed by atoms with E-state index in [0.29, 0.717) is 0 Å². The van der Waals surface area contributed by atoms with E-state index in [1.807, 2.05) is 4.90 Å². The van der Waals surface area contributed by atoms with Crippen molar-refractivity contribution in [1.29, 1.82) is 0 Å². The predicted octanol–water partition coefficient (Wildman–Crippen LogP) is -0.119. The van der Waals surface area contributed by atoms with Crippen molar-refractivity contribution in [3.8, 4) is 0 Å². The Hall–Kier alpha value is -1.46. The number of oxime groups is 1. The molecule has 1 saturated heterocycles. The molecular formula is C8H17N5O. The Morgan fingerprint density at radius 2 is 1.64 bits per heavy atom. The molecule has 0 bridgehead atoms. The molecule has 0 amide bonds. The smallest absolute Gasteiger partial charge is 0.265 e. The Kier molecular flexibility index (Phi) is 4.03. The standard InChI is InChI=1S/C8H17N5O/c9-7(10)11-8(12-14)13-5-3-1-2-4-6-13/h14H,1-6H2,(H4,9,10,11,12). The van der Waals surface area contributed by atoms with E-state index in [1.54, 1.807) is 0 Å². The van der Waals surface area contributed by atoms with E-state index in [4.69, 9.17) is 16.7 Å². The largest absolute Gasteiger partial charge is 0.408 e. The van der Waals surface area contributed by atoms with Crippen molar-refractivity contribution in [2.24, 2.45) is 21.6 Å². The Morgan fingerprint density at radius 3 is 2.07 bits per heavy atom. The van der Waals surface area contributed by atoms with Crippen molar-refractivity contribution in [3.63, 3.8) is 0 Å². The summed E-state index contributed by atoms with van der Waals surface area (Å²) in [5, 5.41) is 11.8. The van der Waals surface area contributed by atoms with E-state index in [2.05, 4.69) is 10.1 Å². The van der Waals surface area contributed by atoms with E-state index in [0.717, 1.165) is 25.9 Å². The second-order valence-corrected chi connectivity index (χ2v) is 3.34. The third kappa shape index (κ3) is 3.12. The molecule has 6 nitrogen and oxygen atoms in total. The van der Waals surface area contributed by atoms with Crippen LogP contribution in [0.4, 0.5) is 0 Å². The Labute approximate surface area is 83.3 Å². The average molecular weight is 199 g/mol. The van der Waals surface area contributed by atoms with Crippen LogP contribution < -0.4 is 11.5 Å². The first kappa shape index (κ1) is 10.6. The van der Waals surface area contributed by atoms with Crippen molar-refractivity contribution in [2.75, 3.05) is 13.1 Å². The second-order valence-electron chi connectivity index (χ2n) is 3.34. The summed E-state index contributed by atoms with van der Waals surface area (Å²) >= 11 is 0. The lowest BCUT2D eigenvalue weighted by Crippen LogP contribution is -2.34. The first-order valence-corrected chi connectivity index (χ1v) is 4.80. The van der Waals surface area contributed by atoms with Gasteiger partial charge >= 0.3 is 0 Å². The molecule has 14 heavy (non-hydrogen) atoms. The molecule has 0 aromatic carbocycles. The summed E-state index contributed by atoms with van der Waals surface area (Å²) in [6.07, 6.45) is 4.58. The van der Waals surface area contributed by atoms with Gasteiger partial charge in [-0.3, -0.25) is 0 Å². The van der Waals surface area contributed by atoms with Crippen LogP contribution >= 0.6 is 0 Å². The summed E-state index contributed by atoms with van der Waals surface area (Å²) < 4.78 is 0. The first-order valence-electron chi connectivity index (χ1n) is 4.80. The minimum absolute atomic E-state index is 0.0814. The van der Waals surface area contributed by atoms with Gasteiger partial charge in [-0.1, -0.05) is 12.8 Å². The maximum atomic E-state index is 8.75. The number of nitrogens with zero attached hydrogens (tertiary/aromatic N) is 3. The minimum atomic E-state index is -0.0814. The van der Waals surface area contributed by atoms with Gasteiger partial charge in [0.05, 0.1) is 0 Å². The van der Waals surface area contributed by atoms with Gasteiger partial charge in [-0.15, -0.1) is 0 Å². The van der Waals surface area contributed by atoms with Gasteiger partial charge in [-0.2, -0.15) is 4.99 Å². The molecule has 1 aliphatic heterocycles. The van der Waals surface area contributed by atoms with Crippen LogP contribution in [0.1, 0.15) is 25.7 Å². The molecule has 1 rings (SSSR count). The van der Waals surface area contributed by atoms with Crippen molar-refractivity contribution >= 4 is 11.9 Å². The number of nitrogens with two attached hydrogens (primary N) is 2. The Balaban J connectivity index is 2.63. The predicted molar refractivity (Wildman–Crippen MR) is 55.1 cm³/mol. The average Bonchev–Trinajstić information content (AvgIpc) is 2.41. The lowest BCUT2D eigenvalue weighted by Gasteiger charge is -2.19. The summed E-state index contributed by atoms with van der Waals surface area (Å²) in [6.45, 7) is 1.69. The number of rotatable bonds is 0. The number of aliphatic imine (C=N–C) groups is 1. The fourth-order valence-corrected chi connectivity index (χ4v) is 1.54. The van der Waals surface area contributed by atoms with E-state index in [1.165, 1.54) is 12.8 Å². The van der Waals surface area contributed by atoms with Crippen LogP contribution in [0, 0.1) is 0 Å². The summed E-state index contributed by atoms with van der Waals surface area (Å²) in [6, 6.07) is 0. The van der Waals surface area contributed by atoms with Crippen LogP contribution in [0.2, 0.25) is 0 Å². The molecule has 0 radical (unpaired) electrons. The highest BCUT2D eigenvalue weighted by Gasteiger charge is 2.13. The molecule has 6 heteroatoms. The van der Waals surface area contributed by atoms with Gasteiger partial charge in [0.2, 0.25) is 0 Å². The SMILES string of the molecule is NC(N)=NC(=NO)N1CCCCCC1. The maximum absolute atomic E-state index is 8.75. The van der Waals surface area contributed by atoms with Crippen LogP contribution in [-0.4, -0.2) is 35.1 Å². The fourth-order valence-electron chi connectivity index (χ4n) is 1.54. The molecule has 0 aromatic heterocycles. The quantitative estimate of drug-likeness (QED) is 0.219. The topological polar surface area (TPSA) is 100 Å². The Morgan fingerprint density at radius 1 is 1.07 bits per heavy atom. The number of hydrogen-bond acceptors (Lipinski definition) is 2. The van der Waals surface area contributed by atoms with Gasteiger partial charge in [0.25, 0.3) is 5.96 Å². The fraction of sp³-hybridized carbons (Fsp3) is 0.750. The van der Waals surface area contributed by atoms with E-state index < -0.39 is 0 Å². The van der Waals surface area contributed by atoms with Crippen LogP contribution in [0.15, 0.2) is 10.1 Å². The third-order valence-electron chi connectivity index (χ3n) is 2.21. The second kappa shape index (κ2) is 5.31. The highest BCUT2D eigenvalue weighted by molar-refractivity contribution is 5.93. The minimum Gasteiger partial charge on any atom is -0.408 e. The molecule has 1 aliphatic rings. The molecule has 0 aromatic rings. The number of guanidine groups is 2.